The fourth-order valence-electron chi connectivity index (χ4n) is 1.87. The maximum atomic E-state index is 11.0. The molecular weight excluding hydrogens is 254 g/mol. The van der Waals surface area contributed by atoms with Crippen LogP contribution in [0.4, 0.5) is 11.5 Å². The largest absolute Gasteiger partial charge is 0.351 e. The van der Waals surface area contributed by atoms with E-state index in [0.29, 0.717) is 11.7 Å². The topological polar surface area (TPSA) is 59.3 Å². The van der Waals surface area contributed by atoms with Gasteiger partial charge in [-0.2, -0.15) is 0 Å². The molecule has 1 unspecified atom stereocenters. The number of hydrogen-bond acceptors (Lipinski definition) is 4. The number of pyridine rings is 1. The van der Waals surface area contributed by atoms with Gasteiger partial charge in [-0.3, -0.25) is 10.1 Å². The predicted octanol–water partition coefficient (Wildman–Crippen LogP) is 3.51. The molecule has 1 rings (SSSR count). The molecule has 0 N–H and O–H groups in total. The summed E-state index contributed by atoms with van der Waals surface area (Å²) >= 11 is 5.82. The van der Waals surface area contributed by atoms with E-state index in [2.05, 4.69) is 18.8 Å². The number of hydrogen-bond donors (Lipinski definition) is 0. The van der Waals surface area contributed by atoms with Crippen molar-refractivity contribution in [2.24, 2.45) is 5.92 Å². The molecule has 0 aliphatic rings. The van der Waals surface area contributed by atoms with Crippen molar-refractivity contribution in [1.29, 1.82) is 0 Å². The first-order chi connectivity index (χ1) is 8.32. The van der Waals surface area contributed by atoms with Crippen LogP contribution in [-0.4, -0.2) is 23.0 Å². The number of nitrogens with zero attached hydrogens (tertiary/aromatic N) is 3. The van der Waals surface area contributed by atoms with E-state index in [-0.39, 0.29) is 16.9 Å². The SMILES string of the molecule is CC(C)CC(C)N(C)c1nc(Cl)ccc1[N+](=O)[O-]. The zero-order chi connectivity index (χ0) is 13.9. The lowest BCUT2D eigenvalue weighted by molar-refractivity contribution is -0.384. The van der Waals surface area contributed by atoms with Crippen LogP contribution in [0.2, 0.25) is 5.15 Å². The Morgan fingerprint density at radius 2 is 2.06 bits per heavy atom. The fourth-order valence-corrected chi connectivity index (χ4v) is 2.01. The van der Waals surface area contributed by atoms with E-state index in [4.69, 9.17) is 11.6 Å². The molecule has 0 bridgehead atoms. The van der Waals surface area contributed by atoms with Crippen molar-refractivity contribution in [1.82, 2.24) is 4.98 Å². The van der Waals surface area contributed by atoms with E-state index in [0.717, 1.165) is 6.42 Å². The van der Waals surface area contributed by atoms with Gasteiger partial charge in [-0.05, 0) is 25.3 Å². The highest BCUT2D eigenvalue weighted by atomic mass is 35.5. The highest BCUT2D eigenvalue weighted by Crippen LogP contribution is 2.29. The molecule has 0 saturated heterocycles. The van der Waals surface area contributed by atoms with Crippen molar-refractivity contribution in [3.8, 4) is 0 Å². The maximum absolute atomic E-state index is 11.0. The first kappa shape index (κ1) is 14.7. The van der Waals surface area contributed by atoms with E-state index in [1.54, 1.807) is 7.05 Å². The Hall–Kier alpha value is -1.36. The van der Waals surface area contributed by atoms with E-state index >= 15 is 0 Å². The molecular formula is C12H18ClN3O2. The summed E-state index contributed by atoms with van der Waals surface area (Å²) in [6, 6.07) is 2.99. The Labute approximate surface area is 112 Å². The maximum Gasteiger partial charge on any atom is 0.311 e. The lowest BCUT2D eigenvalue weighted by Gasteiger charge is -2.26. The third kappa shape index (κ3) is 3.57. The summed E-state index contributed by atoms with van der Waals surface area (Å²) in [4.78, 5) is 16.4. The lowest BCUT2D eigenvalue weighted by Crippen LogP contribution is -2.31. The first-order valence-corrected chi connectivity index (χ1v) is 6.24. The fraction of sp³-hybridized carbons (Fsp3) is 0.583. The van der Waals surface area contributed by atoms with Crippen molar-refractivity contribution in [2.45, 2.75) is 33.2 Å². The number of rotatable bonds is 5. The third-order valence-electron chi connectivity index (χ3n) is 2.83. The van der Waals surface area contributed by atoms with Crippen LogP contribution >= 0.6 is 11.6 Å². The van der Waals surface area contributed by atoms with Crippen molar-refractivity contribution < 1.29 is 4.92 Å². The van der Waals surface area contributed by atoms with Gasteiger partial charge in [0.2, 0.25) is 5.82 Å². The molecule has 0 amide bonds. The summed E-state index contributed by atoms with van der Waals surface area (Å²) < 4.78 is 0. The molecule has 0 fully saturated rings. The van der Waals surface area contributed by atoms with Crippen LogP contribution in [0.1, 0.15) is 27.2 Å². The van der Waals surface area contributed by atoms with Gasteiger partial charge in [0, 0.05) is 19.2 Å². The molecule has 5 nitrogen and oxygen atoms in total. The third-order valence-corrected chi connectivity index (χ3v) is 3.04. The van der Waals surface area contributed by atoms with Gasteiger partial charge in [0.05, 0.1) is 4.92 Å². The molecule has 1 heterocycles. The van der Waals surface area contributed by atoms with Crippen molar-refractivity contribution in [3.05, 3.63) is 27.4 Å². The summed E-state index contributed by atoms with van der Waals surface area (Å²) in [5.74, 6) is 0.835. The number of halogens is 1. The Morgan fingerprint density at radius 3 is 2.56 bits per heavy atom. The van der Waals surface area contributed by atoms with Gasteiger partial charge in [0.25, 0.3) is 0 Å². The quantitative estimate of drug-likeness (QED) is 0.467. The van der Waals surface area contributed by atoms with Gasteiger partial charge in [-0.15, -0.1) is 0 Å². The molecule has 0 aromatic carbocycles. The summed E-state index contributed by atoms with van der Waals surface area (Å²) in [5, 5.41) is 11.2. The molecule has 1 aromatic heterocycles. The van der Waals surface area contributed by atoms with E-state index in [1.807, 2.05) is 11.8 Å². The monoisotopic (exact) mass is 271 g/mol. The van der Waals surface area contributed by atoms with Crippen LogP contribution in [0.3, 0.4) is 0 Å². The standard InChI is InChI=1S/C12H18ClN3O2/c1-8(2)7-9(3)15(4)12-10(16(17)18)5-6-11(13)14-12/h5-6,8-9H,7H2,1-4H3. The van der Waals surface area contributed by atoms with Gasteiger partial charge in [-0.25, -0.2) is 4.98 Å². The minimum absolute atomic E-state index is 0.0162. The Kier molecular flexibility index (Phi) is 4.90. The van der Waals surface area contributed by atoms with E-state index < -0.39 is 4.92 Å². The van der Waals surface area contributed by atoms with Crippen LogP contribution < -0.4 is 4.90 Å². The smallest absolute Gasteiger partial charge is 0.311 e. The zero-order valence-corrected chi connectivity index (χ0v) is 11.8. The van der Waals surface area contributed by atoms with Crippen molar-refractivity contribution in [2.75, 3.05) is 11.9 Å². The molecule has 18 heavy (non-hydrogen) atoms. The molecule has 100 valence electrons. The number of anilines is 1. The molecule has 0 aliphatic heterocycles. The minimum Gasteiger partial charge on any atom is -0.351 e. The summed E-state index contributed by atoms with van der Waals surface area (Å²) in [6.07, 6.45) is 0.932. The summed E-state index contributed by atoms with van der Waals surface area (Å²) in [7, 11) is 1.80. The Bertz CT molecular complexity index is 437. The molecule has 6 heteroatoms. The van der Waals surface area contributed by atoms with E-state index in [9.17, 15) is 10.1 Å². The van der Waals surface area contributed by atoms with Crippen molar-refractivity contribution in [3.63, 3.8) is 0 Å². The van der Waals surface area contributed by atoms with E-state index in [1.165, 1.54) is 12.1 Å². The second-order valence-electron chi connectivity index (χ2n) is 4.82. The van der Waals surface area contributed by atoms with Crippen LogP contribution in [0.25, 0.3) is 0 Å². The van der Waals surface area contributed by atoms with Gasteiger partial charge in [0.15, 0.2) is 0 Å². The second kappa shape index (κ2) is 6.00. The van der Waals surface area contributed by atoms with Crippen LogP contribution in [0.15, 0.2) is 12.1 Å². The molecule has 0 saturated carbocycles. The minimum atomic E-state index is -0.433. The molecule has 0 spiro atoms. The second-order valence-corrected chi connectivity index (χ2v) is 5.21. The van der Waals surface area contributed by atoms with Gasteiger partial charge in [-0.1, -0.05) is 25.4 Å². The molecule has 0 aliphatic carbocycles. The Balaban J connectivity index is 3.06. The number of nitro groups is 1. The molecule has 1 atom stereocenters. The lowest BCUT2D eigenvalue weighted by atomic mass is 10.0. The van der Waals surface area contributed by atoms with Gasteiger partial charge in [0.1, 0.15) is 5.15 Å². The average molecular weight is 272 g/mol. The average Bonchev–Trinajstić information content (AvgIpc) is 2.26. The van der Waals surface area contributed by atoms with Gasteiger partial charge < -0.3 is 4.90 Å². The van der Waals surface area contributed by atoms with Crippen LogP contribution in [-0.2, 0) is 0 Å². The predicted molar refractivity (Wildman–Crippen MR) is 73.2 cm³/mol. The van der Waals surface area contributed by atoms with Gasteiger partial charge >= 0.3 is 5.69 Å². The Morgan fingerprint density at radius 1 is 1.44 bits per heavy atom. The normalized spacial score (nSPS) is 12.6. The molecule has 1 aromatic rings. The summed E-state index contributed by atoms with van der Waals surface area (Å²) in [6.45, 7) is 6.25. The zero-order valence-electron chi connectivity index (χ0n) is 11.1. The van der Waals surface area contributed by atoms with Crippen molar-refractivity contribution >= 4 is 23.1 Å². The first-order valence-electron chi connectivity index (χ1n) is 5.86. The summed E-state index contributed by atoms with van der Waals surface area (Å²) in [5.41, 5.74) is -0.0162. The number of aromatic nitrogens is 1. The highest BCUT2D eigenvalue weighted by Gasteiger charge is 2.22. The van der Waals surface area contributed by atoms with Crippen LogP contribution in [0, 0.1) is 16.0 Å². The molecule has 0 radical (unpaired) electrons. The highest BCUT2D eigenvalue weighted by molar-refractivity contribution is 6.29. The van der Waals surface area contributed by atoms with Crippen LogP contribution in [0.5, 0.6) is 0 Å².